The second-order valence-corrected chi connectivity index (χ2v) is 12.9. The Labute approximate surface area is 269 Å². The molecule has 0 radical (unpaired) electrons. The molecule has 1 spiro atoms. The van der Waals surface area contributed by atoms with Crippen LogP contribution in [0.25, 0.3) is 33.4 Å². The number of rotatable bonds is 2. The molecule has 10 rings (SSSR count). The van der Waals surface area contributed by atoms with Crippen LogP contribution in [0.3, 0.4) is 0 Å². The highest BCUT2D eigenvalue weighted by atomic mass is 16.5. The van der Waals surface area contributed by atoms with Crippen LogP contribution in [0.1, 0.15) is 45.9 Å². The molecule has 0 bridgehead atoms. The van der Waals surface area contributed by atoms with Gasteiger partial charge in [0.15, 0.2) is 0 Å². The second-order valence-electron chi connectivity index (χ2n) is 12.9. The summed E-state index contributed by atoms with van der Waals surface area (Å²) < 4.78 is 6.77. The van der Waals surface area contributed by atoms with Gasteiger partial charge >= 0.3 is 0 Å². The summed E-state index contributed by atoms with van der Waals surface area (Å²) in [5, 5.41) is 0. The van der Waals surface area contributed by atoms with Crippen LogP contribution < -0.4 is 4.74 Å². The minimum absolute atomic E-state index is 0.436. The van der Waals surface area contributed by atoms with Crippen molar-refractivity contribution in [3.05, 3.63) is 203 Å². The van der Waals surface area contributed by atoms with E-state index in [1.54, 1.807) is 0 Å². The molecule has 1 unspecified atom stereocenters. The molecular formula is C45H30O. The van der Waals surface area contributed by atoms with Crippen molar-refractivity contribution in [2.24, 2.45) is 0 Å². The molecule has 0 saturated carbocycles. The molecule has 3 aliphatic rings. The Morgan fingerprint density at radius 1 is 0.348 bits per heavy atom. The third-order valence-electron chi connectivity index (χ3n) is 10.8. The molecule has 1 nitrogen and oxygen atoms in total. The van der Waals surface area contributed by atoms with E-state index in [9.17, 15) is 0 Å². The van der Waals surface area contributed by atoms with E-state index < -0.39 is 10.8 Å². The molecular weight excluding hydrogens is 556 g/mol. The summed E-state index contributed by atoms with van der Waals surface area (Å²) in [5.41, 5.74) is 15.9. The van der Waals surface area contributed by atoms with Gasteiger partial charge in [-0.2, -0.15) is 0 Å². The summed E-state index contributed by atoms with van der Waals surface area (Å²) in [6, 6.07) is 60.1. The molecule has 7 aromatic rings. The van der Waals surface area contributed by atoms with Crippen LogP contribution in [0.5, 0.6) is 11.5 Å². The first-order valence-corrected chi connectivity index (χ1v) is 16.1. The predicted molar refractivity (Wildman–Crippen MR) is 187 cm³/mol. The summed E-state index contributed by atoms with van der Waals surface area (Å²) in [4.78, 5) is 0. The van der Waals surface area contributed by atoms with E-state index in [-0.39, 0.29) is 0 Å². The highest BCUT2D eigenvalue weighted by Crippen LogP contribution is 2.65. The van der Waals surface area contributed by atoms with Gasteiger partial charge in [-0.1, -0.05) is 152 Å². The zero-order chi connectivity index (χ0) is 30.5. The van der Waals surface area contributed by atoms with Gasteiger partial charge in [-0.15, -0.1) is 0 Å². The quantitative estimate of drug-likeness (QED) is 0.196. The summed E-state index contributed by atoms with van der Waals surface area (Å²) >= 11 is 0. The van der Waals surface area contributed by atoms with Crippen LogP contribution in [-0.4, -0.2) is 0 Å². The van der Waals surface area contributed by atoms with Crippen molar-refractivity contribution < 1.29 is 4.74 Å². The van der Waals surface area contributed by atoms with Crippen LogP contribution in [0, 0.1) is 0 Å². The highest BCUT2D eigenvalue weighted by Gasteiger charge is 2.53. The Bertz CT molecular complexity index is 2300. The fourth-order valence-electron chi connectivity index (χ4n) is 9.03. The van der Waals surface area contributed by atoms with Crippen molar-refractivity contribution in [1.82, 2.24) is 0 Å². The third-order valence-corrected chi connectivity index (χ3v) is 10.8. The SMILES string of the molecule is CC1(c2ccccc2)c2ccccc2Oc2cccc(-c3cccc4c3C3(c5ccccc5-c5ccccc53)c3ccccc3-4)c21. The average Bonchev–Trinajstić information content (AvgIpc) is 3.59. The molecule has 216 valence electrons. The van der Waals surface area contributed by atoms with Gasteiger partial charge in [0.1, 0.15) is 11.5 Å². The maximum Gasteiger partial charge on any atom is 0.132 e. The number of fused-ring (bicyclic) bond motifs is 12. The van der Waals surface area contributed by atoms with Crippen molar-refractivity contribution in [3.8, 4) is 44.9 Å². The van der Waals surface area contributed by atoms with Gasteiger partial charge in [-0.3, -0.25) is 0 Å². The molecule has 0 saturated heterocycles. The number of para-hydroxylation sites is 1. The summed E-state index contributed by atoms with van der Waals surface area (Å²) in [7, 11) is 0. The smallest absolute Gasteiger partial charge is 0.132 e. The Morgan fingerprint density at radius 2 is 0.761 bits per heavy atom. The number of hydrogen-bond donors (Lipinski definition) is 0. The van der Waals surface area contributed by atoms with Gasteiger partial charge in [0.2, 0.25) is 0 Å². The van der Waals surface area contributed by atoms with Gasteiger partial charge in [-0.05, 0) is 80.3 Å². The minimum Gasteiger partial charge on any atom is -0.457 e. The molecule has 1 heteroatoms. The number of benzene rings is 7. The zero-order valence-electron chi connectivity index (χ0n) is 25.5. The van der Waals surface area contributed by atoms with E-state index in [0.717, 1.165) is 11.5 Å². The van der Waals surface area contributed by atoms with E-state index in [0.29, 0.717) is 0 Å². The maximum absolute atomic E-state index is 6.77. The number of hydrogen-bond acceptors (Lipinski definition) is 1. The fraction of sp³-hybridized carbons (Fsp3) is 0.0667. The highest BCUT2D eigenvalue weighted by molar-refractivity contribution is 5.99. The average molecular weight is 587 g/mol. The molecule has 0 fully saturated rings. The van der Waals surface area contributed by atoms with E-state index in [2.05, 4.69) is 171 Å². The van der Waals surface area contributed by atoms with Crippen molar-refractivity contribution >= 4 is 0 Å². The Kier molecular flexibility index (Phi) is 5.12. The molecule has 0 amide bonds. The first-order chi connectivity index (χ1) is 22.7. The van der Waals surface area contributed by atoms with Gasteiger partial charge in [0, 0.05) is 11.1 Å². The summed E-state index contributed by atoms with van der Waals surface area (Å²) in [6.07, 6.45) is 0. The van der Waals surface area contributed by atoms with Gasteiger partial charge in [0.25, 0.3) is 0 Å². The van der Waals surface area contributed by atoms with E-state index in [1.807, 2.05) is 0 Å². The lowest BCUT2D eigenvalue weighted by molar-refractivity contribution is 0.428. The molecule has 1 atom stereocenters. The lowest BCUT2D eigenvalue weighted by atomic mass is 9.65. The van der Waals surface area contributed by atoms with Crippen molar-refractivity contribution in [1.29, 1.82) is 0 Å². The lowest BCUT2D eigenvalue weighted by Gasteiger charge is -2.40. The van der Waals surface area contributed by atoms with Crippen molar-refractivity contribution in [2.45, 2.75) is 17.8 Å². The molecule has 0 N–H and O–H groups in total. The van der Waals surface area contributed by atoms with E-state index in [4.69, 9.17) is 4.74 Å². The van der Waals surface area contributed by atoms with E-state index in [1.165, 1.54) is 72.3 Å². The molecule has 0 aromatic heterocycles. The molecule has 1 heterocycles. The molecule has 46 heavy (non-hydrogen) atoms. The van der Waals surface area contributed by atoms with Gasteiger partial charge in [-0.25, -0.2) is 0 Å². The number of ether oxygens (including phenoxy) is 1. The standard InChI is InChI=1S/C45H30O/c1-44(29-15-3-2-4-16-29)39-26-11-12-27-40(39)46-41-28-14-22-35(43(41)44)34-21-13-20-33-32-19-7-10-25-38(32)45(42(33)34)36-23-8-5-17-30(36)31-18-6-9-24-37(31)45/h2-28H,1H3. The first-order valence-electron chi connectivity index (χ1n) is 16.1. The van der Waals surface area contributed by atoms with Crippen LogP contribution in [0.15, 0.2) is 164 Å². The van der Waals surface area contributed by atoms with Crippen molar-refractivity contribution in [2.75, 3.05) is 0 Å². The lowest BCUT2D eigenvalue weighted by Crippen LogP contribution is -2.31. The van der Waals surface area contributed by atoms with Crippen LogP contribution >= 0.6 is 0 Å². The Balaban J connectivity index is 1.35. The predicted octanol–water partition coefficient (Wildman–Crippen LogP) is 11.2. The van der Waals surface area contributed by atoms with Gasteiger partial charge < -0.3 is 4.74 Å². The minimum atomic E-state index is -0.436. The molecule has 2 aliphatic carbocycles. The zero-order valence-corrected chi connectivity index (χ0v) is 25.5. The Hall–Kier alpha value is -5.66. The van der Waals surface area contributed by atoms with Crippen LogP contribution in [-0.2, 0) is 10.8 Å². The molecule has 1 aliphatic heterocycles. The topological polar surface area (TPSA) is 9.23 Å². The van der Waals surface area contributed by atoms with Crippen molar-refractivity contribution in [3.63, 3.8) is 0 Å². The molecule has 7 aromatic carbocycles. The van der Waals surface area contributed by atoms with Gasteiger partial charge in [0.05, 0.1) is 10.8 Å². The van der Waals surface area contributed by atoms with Crippen LogP contribution in [0.2, 0.25) is 0 Å². The fourth-order valence-corrected chi connectivity index (χ4v) is 9.03. The van der Waals surface area contributed by atoms with Crippen LogP contribution in [0.4, 0.5) is 0 Å². The second kappa shape index (κ2) is 9.19. The normalized spacial score (nSPS) is 17.2. The maximum atomic E-state index is 6.77. The Morgan fingerprint density at radius 3 is 1.39 bits per heavy atom. The van der Waals surface area contributed by atoms with E-state index >= 15 is 0 Å². The summed E-state index contributed by atoms with van der Waals surface area (Å²) in [6.45, 7) is 2.37. The largest absolute Gasteiger partial charge is 0.457 e. The monoisotopic (exact) mass is 586 g/mol. The first kappa shape index (κ1) is 25.6. The summed E-state index contributed by atoms with van der Waals surface area (Å²) in [5.74, 6) is 1.83. The third kappa shape index (κ3) is 3.05.